The molecule has 3 aromatic rings. The van der Waals surface area contributed by atoms with Crippen LogP contribution in [-0.2, 0) is 0 Å². The van der Waals surface area contributed by atoms with E-state index in [4.69, 9.17) is 22.7 Å². The van der Waals surface area contributed by atoms with E-state index in [-0.39, 0.29) is 4.99 Å². The summed E-state index contributed by atoms with van der Waals surface area (Å²) in [6.45, 7) is 0. The highest BCUT2D eigenvalue weighted by Crippen LogP contribution is 2.35. The summed E-state index contributed by atoms with van der Waals surface area (Å²) in [5.74, 6) is 1.33. The summed E-state index contributed by atoms with van der Waals surface area (Å²) in [6.07, 6.45) is 1.65. The van der Waals surface area contributed by atoms with Gasteiger partial charge in [0.15, 0.2) is 0 Å². The summed E-state index contributed by atoms with van der Waals surface area (Å²) < 4.78 is 6.92. The average molecular weight is 359 g/mol. The topological polar surface area (TPSA) is 48.1 Å². The number of pyridine rings is 1. The zero-order valence-electron chi connectivity index (χ0n) is 10.9. The van der Waals surface area contributed by atoms with Crippen LogP contribution in [0.1, 0.15) is 5.56 Å². The van der Waals surface area contributed by atoms with Crippen molar-refractivity contribution in [1.82, 2.24) is 4.98 Å². The number of aromatic nitrogens is 1. The van der Waals surface area contributed by atoms with E-state index in [1.54, 1.807) is 6.20 Å². The van der Waals surface area contributed by atoms with Crippen molar-refractivity contribution in [2.24, 2.45) is 5.73 Å². The van der Waals surface area contributed by atoms with Crippen LogP contribution in [0.4, 0.5) is 0 Å². The van der Waals surface area contributed by atoms with Crippen LogP contribution < -0.4 is 10.5 Å². The molecular weight excluding hydrogens is 348 g/mol. The van der Waals surface area contributed by atoms with Gasteiger partial charge in [-0.2, -0.15) is 0 Å². The minimum atomic E-state index is 0.260. The van der Waals surface area contributed by atoms with E-state index in [0.29, 0.717) is 17.1 Å². The monoisotopic (exact) mass is 358 g/mol. The SMILES string of the molecule is NC(=S)c1cnc2ccccc2c1Oc1ccccc1Br. The molecule has 5 heteroatoms. The minimum Gasteiger partial charge on any atom is -0.455 e. The highest BCUT2D eigenvalue weighted by Gasteiger charge is 2.14. The molecule has 0 atom stereocenters. The lowest BCUT2D eigenvalue weighted by molar-refractivity contribution is 0.484. The number of fused-ring (bicyclic) bond motifs is 1. The second kappa shape index (κ2) is 5.79. The number of hydrogen-bond acceptors (Lipinski definition) is 3. The van der Waals surface area contributed by atoms with E-state index >= 15 is 0 Å². The van der Waals surface area contributed by atoms with Crippen LogP contribution in [-0.4, -0.2) is 9.97 Å². The molecule has 0 unspecified atom stereocenters. The summed E-state index contributed by atoms with van der Waals surface area (Å²) >= 11 is 8.58. The van der Waals surface area contributed by atoms with Gasteiger partial charge in [-0.05, 0) is 40.2 Å². The molecule has 3 rings (SSSR count). The van der Waals surface area contributed by atoms with Crippen molar-refractivity contribution < 1.29 is 4.74 Å². The van der Waals surface area contributed by atoms with E-state index in [0.717, 1.165) is 15.4 Å². The molecule has 0 saturated heterocycles. The number of benzene rings is 2. The van der Waals surface area contributed by atoms with Gasteiger partial charge < -0.3 is 10.5 Å². The van der Waals surface area contributed by atoms with Gasteiger partial charge in [0.05, 0.1) is 15.6 Å². The normalized spacial score (nSPS) is 10.5. The van der Waals surface area contributed by atoms with Gasteiger partial charge in [-0.25, -0.2) is 0 Å². The summed E-state index contributed by atoms with van der Waals surface area (Å²) in [5.41, 5.74) is 7.25. The van der Waals surface area contributed by atoms with Crippen LogP contribution in [0.2, 0.25) is 0 Å². The Bertz CT molecular complexity index is 835. The fourth-order valence-electron chi connectivity index (χ4n) is 2.04. The van der Waals surface area contributed by atoms with Crippen LogP contribution in [0, 0.1) is 0 Å². The first-order valence-electron chi connectivity index (χ1n) is 6.27. The number of ether oxygens (including phenoxy) is 1. The Kier molecular flexibility index (Phi) is 3.86. The van der Waals surface area contributed by atoms with Gasteiger partial charge in [0.25, 0.3) is 0 Å². The van der Waals surface area contributed by atoms with Crippen molar-refractivity contribution in [3.05, 3.63) is 64.8 Å². The first-order valence-corrected chi connectivity index (χ1v) is 7.47. The molecule has 0 spiro atoms. The van der Waals surface area contributed by atoms with Gasteiger partial charge in [0.2, 0.25) is 0 Å². The number of rotatable bonds is 3. The van der Waals surface area contributed by atoms with E-state index < -0.39 is 0 Å². The first kappa shape index (κ1) is 14.0. The third-order valence-electron chi connectivity index (χ3n) is 3.04. The van der Waals surface area contributed by atoms with Crippen molar-refractivity contribution in [1.29, 1.82) is 0 Å². The van der Waals surface area contributed by atoms with E-state index in [9.17, 15) is 0 Å². The predicted molar refractivity (Wildman–Crippen MR) is 91.8 cm³/mol. The van der Waals surface area contributed by atoms with Crippen molar-refractivity contribution in [2.45, 2.75) is 0 Å². The molecule has 2 aromatic carbocycles. The molecule has 104 valence electrons. The second-order valence-corrected chi connectivity index (χ2v) is 5.71. The summed E-state index contributed by atoms with van der Waals surface area (Å²) in [7, 11) is 0. The molecule has 2 N–H and O–H groups in total. The van der Waals surface area contributed by atoms with Gasteiger partial charge >= 0.3 is 0 Å². The molecule has 0 bridgehead atoms. The molecule has 0 aliphatic carbocycles. The van der Waals surface area contributed by atoms with Crippen LogP contribution in [0.5, 0.6) is 11.5 Å². The third-order valence-corrected chi connectivity index (χ3v) is 3.92. The fourth-order valence-corrected chi connectivity index (χ4v) is 2.55. The molecule has 0 fully saturated rings. The van der Waals surface area contributed by atoms with Crippen molar-refractivity contribution >= 4 is 44.0 Å². The molecule has 0 saturated carbocycles. The Balaban J connectivity index is 2.21. The van der Waals surface area contributed by atoms with Gasteiger partial charge in [-0.3, -0.25) is 4.98 Å². The Morgan fingerprint density at radius 1 is 1.10 bits per heavy atom. The van der Waals surface area contributed by atoms with Gasteiger partial charge in [0.1, 0.15) is 16.5 Å². The van der Waals surface area contributed by atoms with Crippen LogP contribution >= 0.6 is 28.1 Å². The minimum absolute atomic E-state index is 0.260. The Labute approximate surface area is 135 Å². The third kappa shape index (κ3) is 2.75. The second-order valence-electron chi connectivity index (χ2n) is 4.41. The van der Waals surface area contributed by atoms with Crippen molar-refractivity contribution in [2.75, 3.05) is 0 Å². The van der Waals surface area contributed by atoms with Crippen LogP contribution in [0.15, 0.2) is 59.2 Å². The molecule has 1 heterocycles. The van der Waals surface area contributed by atoms with Crippen molar-refractivity contribution in [3.63, 3.8) is 0 Å². The average Bonchev–Trinajstić information content (AvgIpc) is 2.49. The largest absolute Gasteiger partial charge is 0.455 e. The summed E-state index contributed by atoms with van der Waals surface area (Å²) in [5, 5.41) is 0.874. The number of thiocarbonyl (C=S) groups is 1. The maximum absolute atomic E-state index is 6.06. The zero-order valence-corrected chi connectivity index (χ0v) is 13.3. The Morgan fingerprint density at radius 2 is 1.81 bits per heavy atom. The lowest BCUT2D eigenvalue weighted by Gasteiger charge is -2.13. The zero-order chi connectivity index (χ0) is 14.8. The molecule has 0 aliphatic rings. The van der Waals surface area contributed by atoms with Gasteiger partial charge in [-0.1, -0.05) is 36.5 Å². The number of nitrogens with zero attached hydrogens (tertiary/aromatic N) is 1. The van der Waals surface area contributed by atoms with E-state index in [1.165, 1.54) is 0 Å². The van der Waals surface area contributed by atoms with Gasteiger partial charge in [-0.15, -0.1) is 0 Å². The Hall–Kier alpha value is -1.98. The fraction of sp³-hybridized carbons (Fsp3) is 0. The number of halogens is 1. The molecule has 21 heavy (non-hydrogen) atoms. The standard InChI is InChI=1S/C16H11BrN2OS/c17-12-6-2-4-8-14(12)20-15-10-5-1-3-7-13(10)19-9-11(15)16(18)21/h1-9H,(H2,18,21). The molecule has 0 radical (unpaired) electrons. The van der Waals surface area contributed by atoms with Crippen molar-refractivity contribution in [3.8, 4) is 11.5 Å². The van der Waals surface area contributed by atoms with E-state index in [1.807, 2.05) is 48.5 Å². The molecule has 3 nitrogen and oxygen atoms in total. The first-order chi connectivity index (χ1) is 10.2. The molecule has 1 aromatic heterocycles. The summed E-state index contributed by atoms with van der Waals surface area (Å²) in [4.78, 5) is 4.63. The highest BCUT2D eigenvalue weighted by atomic mass is 79.9. The highest BCUT2D eigenvalue weighted by molar-refractivity contribution is 9.10. The lowest BCUT2D eigenvalue weighted by atomic mass is 10.1. The Morgan fingerprint density at radius 3 is 2.57 bits per heavy atom. The maximum atomic E-state index is 6.06. The predicted octanol–water partition coefficient (Wildman–Crippen LogP) is 4.42. The number of para-hydroxylation sites is 2. The van der Waals surface area contributed by atoms with Crippen LogP contribution in [0.25, 0.3) is 10.9 Å². The lowest BCUT2D eigenvalue weighted by Crippen LogP contribution is -2.11. The van der Waals surface area contributed by atoms with Gasteiger partial charge in [0, 0.05) is 11.6 Å². The maximum Gasteiger partial charge on any atom is 0.148 e. The smallest absolute Gasteiger partial charge is 0.148 e. The van der Waals surface area contributed by atoms with Crippen LogP contribution in [0.3, 0.4) is 0 Å². The number of nitrogens with two attached hydrogens (primary N) is 1. The molecule has 0 amide bonds. The molecular formula is C16H11BrN2OS. The summed E-state index contributed by atoms with van der Waals surface area (Å²) in [6, 6.07) is 15.3. The number of hydrogen-bond donors (Lipinski definition) is 1. The molecule has 0 aliphatic heterocycles. The van der Waals surface area contributed by atoms with E-state index in [2.05, 4.69) is 20.9 Å². The quantitative estimate of drug-likeness (QED) is 0.703.